The topological polar surface area (TPSA) is 70.7 Å². The predicted octanol–water partition coefficient (Wildman–Crippen LogP) is -0.508. The van der Waals surface area contributed by atoms with Crippen LogP contribution in [0.1, 0.15) is 25.7 Å². The molecule has 0 aromatic rings. The number of hydrogen-bond acceptors (Lipinski definition) is 4. The van der Waals surface area contributed by atoms with Crippen LogP contribution in [-0.4, -0.2) is 62.1 Å². The molecule has 6 heteroatoms. The van der Waals surface area contributed by atoms with E-state index in [9.17, 15) is 9.59 Å². The fraction of sp³-hybridized carbons (Fsp3) is 0.846. The molecular weight excluding hydrogens is 246 g/mol. The van der Waals surface area contributed by atoms with Crippen molar-refractivity contribution < 1.29 is 14.3 Å². The van der Waals surface area contributed by atoms with Crippen LogP contribution in [0.4, 0.5) is 0 Å². The van der Waals surface area contributed by atoms with Crippen LogP contribution in [0.25, 0.3) is 0 Å². The van der Waals surface area contributed by atoms with Gasteiger partial charge in [-0.3, -0.25) is 14.5 Å². The average Bonchev–Trinajstić information content (AvgIpc) is 2.99. The Morgan fingerprint density at radius 3 is 2.58 bits per heavy atom. The molecule has 108 valence electrons. The lowest BCUT2D eigenvalue weighted by Gasteiger charge is -2.17. The van der Waals surface area contributed by atoms with E-state index in [0.29, 0.717) is 12.6 Å². The molecule has 0 radical (unpaired) electrons. The minimum Gasteiger partial charge on any atom is -0.376 e. The molecule has 1 atom stereocenters. The van der Waals surface area contributed by atoms with Crippen molar-refractivity contribution in [3.63, 3.8) is 0 Å². The highest BCUT2D eigenvalue weighted by molar-refractivity contribution is 5.81. The molecule has 1 saturated carbocycles. The van der Waals surface area contributed by atoms with Gasteiger partial charge in [0.15, 0.2) is 0 Å². The first kappa shape index (κ1) is 14.3. The van der Waals surface area contributed by atoms with Crippen molar-refractivity contribution in [3.8, 4) is 0 Å². The monoisotopic (exact) mass is 269 g/mol. The molecule has 1 unspecified atom stereocenters. The van der Waals surface area contributed by atoms with E-state index in [1.807, 2.05) is 0 Å². The van der Waals surface area contributed by atoms with Crippen LogP contribution in [0.3, 0.4) is 0 Å². The summed E-state index contributed by atoms with van der Waals surface area (Å²) < 4.78 is 5.43. The fourth-order valence-electron chi connectivity index (χ4n) is 2.14. The predicted molar refractivity (Wildman–Crippen MR) is 70.6 cm³/mol. The number of carbonyl (C=O) groups is 2. The summed E-state index contributed by atoms with van der Waals surface area (Å²) in [4.78, 5) is 25.0. The van der Waals surface area contributed by atoms with Gasteiger partial charge >= 0.3 is 0 Å². The third-order valence-corrected chi connectivity index (χ3v) is 3.32. The molecule has 2 amide bonds. The fourth-order valence-corrected chi connectivity index (χ4v) is 2.14. The Labute approximate surface area is 113 Å². The quantitative estimate of drug-likeness (QED) is 0.653. The molecule has 0 aromatic heterocycles. The first-order valence-electron chi connectivity index (χ1n) is 6.99. The number of rotatable bonds is 7. The molecule has 1 saturated heterocycles. The summed E-state index contributed by atoms with van der Waals surface area (Å²) in [5.74, 6) is -0.0610. The van der Waals surface area contributed by atoms with Crippen LogP contribution in [0.5, 0.6) is 0 Å². The number of nitrogens with one attached hydrogen (secondary N) is 2. The Balaban J connectivity index is 1.56. The highest BCUT2D eigenvalue weighted by Crippen LogP contribution is 2.18. The summed E-state index contributed by atoms with van der Waals surface area (Å²) in [6.45, 7) is 1.87. The van der Waals surface area contributed by atoms with Gasteiger partial charge in [0.25, 0.3) is 0 Å². The van der Waals surface area contributed by atoms with Crippen molar-refractivity contribution in [1.82, 2.24) is 15.5 Å². The molecule has 0 bridgehead atoms. The van der Waals surface area contributed by atoms with E-state index in [-0.39, 0.29) is 31.0 Å². The number of hydrogen-bond donors (Lipinski definition) is 2. The number of likely N-dealkylation sites (N-methyl/N-ethyl adjacent to an activating group) is 1. The number of amides is 2. The maximum atomic E-state index is 11.7. The Morgan fingerprint density at radius 2 is 1.95 bits per heavy atom. The van der Waals surface area contributed by atoms with Crippen molar-refractivity contribution in [1.29, 1.82) is 0 Å². The van der Waals surface area contributed by atoms with Crippen molar-refractivity contribution >= 4 is 11.8 Å². The second kappa shape index (κ2) is 6.86. The molecule has 1 heterocycles. The summed E-state index contributed by atoms with van der Waals surface area (Å²) in [7, 11) is 1.78. The number of carbonyl (C=O) groups excluding carboxylic acids is 2. The lowest BCUT2D eigenvalue weighted by molar-refractivity contribution is -0.124. The zero-order valence-electron chi connectivity index (χ0n) is 11.5. The van der Waals surface area contributed by atoms with E-state index in [4.69, 9.17) is 4.74 Å². The van der Waals surface area contributed by atoms with E-state index >= 15 is 0 Å². The van der Waals surface area contributed by atoms with Crippen LogP contribution in [0, 0.1) is 0 Å². The summed E-state index contributed by atoms with van der Waals surface area (Å²) in [5, 5.41) is 5.75. The molecule has 1 aliphatic carbocycles. The normalized spacial score (nSPS) is 22.5. The van der Waals surface area contributed by atoms with Gasteiger partial charge in [-0.2, -0.15) is 0 Å². The van der Waals surface area contributed by atoms with Gasteiger partial charge in [0.1, 0.15) is 0 Å². The number of nitrogens with zero attached hydrogens (tertiary/aromatic N) is 1. The van der Waals surface area contributed by atoms with Crippen LogP contribution in [0.2, 0.25) is 0 Å². The smallest absolute Gasteiger partial charge is 0.234 e. The van der Waals surface area contributed by atoms with Crippen molar-refractivity contribution in [2.75, 3.05) is 33.3 Å². The van der Waals surface area contributed by atoms with E-state index in [1.165, 1.54) is 0 Å². The van der Waals surface area contributed by atoms with Gasteiger partial charge in [-0.05, 0) is 32.7 Å². The molecule has 2 N–H and O–H groups in total. The van der Waals surface area contributed by atoms with Crippen molar-refractivity contribution in [2.45, 2.75) is 37.8 Å². The van der Waals surface area contributed by atoms with Crippen molar-refractivity contribution in [2.24, 2.45) is 0 Å². The van der Waals surface area contributed by atoms with Gasteiger partial charge in [-0.1, -0.05) is 0 Å². The summed E-state index contributed by atoms with van der Waals surface area (Å²) in [5.41, 5.74) is 0. The maximum absolute atomic E-state index is 11.7. The molecule has 2 rings (SSSR count). The highest BCUT2D eigenvalue weighted by atomic mass is 16.5. The SMILES string of the molecule is CN(CC(=O)NCC1CCCO1)CC(=O)NC1CC1. The molecule has 1 aliphatic heterocycles. The van der Waals surface area contributed by atoms with Gasteiger partial charge in [0, 0.05) is 19.2 Å². The minimum absolute atomic E-state index is 0.00285. The first-order valence-corrected chi connectivity index (χ1v) is 6.99. The van der Waals surface area contributed by atoms with Crippen molar-refractivity contribution in [3.05, 3.63) is 0 Å². The summed E-state index contributed by atoms with van der Waals surface area (Å²) in [6, 6.07) is 0.370. The Bertz CT molecular complexity index is 325. The average molecular weight is 269 g/mol. The zero-order chi connectivity index (χ0) is 13.7. The zero-order valence-corrected chi connectivity index (χ0v) is 11.5. The molecule has 19 heavy (non-hydrogen) atoms. The molecule has 2 aliphatic rings. The van der Waals surface area contributed by atoms with E-state index in [1.54, 1.807) is 11.9 Å². The maximum Gasteiger partial charge on any atom is 0.234 e. The van der Waals surface area contributed by atoms with Crippen LogP contribution >= 0.6 is 0 Å². The summed E-state index contributed by atoms with van der Waals surface area (Å²) in [6.07, 6.45) is 4.41. The number of ether oxygens (including phenoxy) is 1. The molecule has 2 fully saturated rings. The van der Waals surface area contributed by atoms with Gasteiger partial charge in [-0.15, -0.1) is 0 Å². The molecule has 0 aromatic carbocycles. The Kier molecular flexibility index (Phi) is 5.15. The van der Waals surface area contributed by atoms with E-state index in [2.05, 4.69) is 10.6 Å². The van der Waals surface area contributed by atoms with Gasteiger partial charge in [-0.25, -0.2) is 0 Å². The molecule has 6 nitrogen and oxygen atoms in total. The highest BCUT2D eigenvalue weighted by Gasteiger charge is 2.24. The Hall–Kier alpha value is -1.14. The molecular formula is C13H23N3O3. The van der Waals surface area contributed by atoms with Gasteiger partial charge < -0.3 is 15.4 Å². The van der Waals surface area contributed by atoms with Crippen LogP contribution < -0.4 is 10.6 Å². The lowest BCUT2D eigenvalue weighted by Crippen LogP contribution is -2.42. The second-order valence-corrected chi connectivity index (χ2v) is 5.45. The lowest BCUT2D eigenvalue weighted by atomic mass is 10.2. The van der Waals surface area contributed by atoms with E-state index in [0.717, 1.165) is 32.3 Å². The standard InChI is InChI=1S/C13H23N3O3/c1-16(9-13(18)15-10-4-5-10)8-12(17)14-7-11-3-2-6-19-11/h10-11H,2-9H2,1H3,(H,14,17)(H,15,18). The molecule has 0 spiro atoms. The van der Waals surface area contributed by atoms with Gasteiger partial charge in [0.2, 0.25) is 11.8 Å². The third-order valence-electron chi connectivity index (χ3n) is 3.32. The largest absolute Gasteiger partial charge is 0.376 e. The second-order valence-electron chi connectivity index (χ2n) is 5.45. The first-order chi connectivity index (χ1) is 9.13. The minimum atomic E-state index is -0.0581. The third kappa shape index (κ3) is 5.57. The van der Waals surface area contributed by atoms with Crippen LogP contribution in [0.15, 0.2) is 0 Å². The summed E-state index contributed by atoms with van der Waals surface area (Å²) >= 11 is 0. The van der Waals surface area contributed by atoms with Crippen LogP contribution in [-0.2, 0) is 14.3 Å². The van der Waals surface area contributed by atoms with E-state index < -0.39 is 0 Å². The Morgan fingerprint density at radius 1 is 1.21 bits per heavy atom. The van der Waals surface area contributed by atoms with Gasteiger partial charge in [0.05, 0.1) is 19.2 Å².